The normalized spacial score (nSPS) is 20.8. The highest BCUT2D eigenvalue weighted by molar-refractivity contribution is 7.90. The molecule has 9 heteroatoms. The summed E-state index contributed by atoms with van der Waals surface area (Å²) in [7, 11) is -4.63. The van der Waals surface area contributed by atoms with Gasteiger partial charge in [0, 0.05) is 33.2 Å². The van der Waals surface area contributed by atoms with Crippen molar-refractivity contribution in [1.29, 1.82) is 0 Å². The van der Waals surface area contributed by atoms with Gasteiger partial charge in [0.1, 0.15) is 0 Å². The van der Waals surface area contributed by atoms with E-state index in [-0.39, 0.29) is 22.4 Å². The van der Waals surface area contributed by atoms with Crippen molar-refractivity contribution < 1.29 is 16.8 Å². The molecule has 130 valence electrons. The van der Waals surface area contributed by atoms with E-state index in [2.05, 4.69) is 0 Å². The third-order valence-electron chi connectivity index (χ3n) is 4.04. The molecule has 1 unspecified atom stereocenters. The third kappa shape index (κ3) is 3.58. The van der Waals surface area contributed by atoms with Crippen LogP contribution in [-0.4, -0.2) is 58.7 Å². The van der Waals surface area contributed by atoms with Gasteiger partial charge in [0.25, 0.3) is 0 Å². The molecule has 1 aromatic carbocycles. The Morgan fingerprint density at radius 2 is 1.83 bits per heavy atom. The summed E-state index contributed by atoms with van der Waals surface area (Å²) in [6.07, 6.45) is 2.46. The minimum absolute atomic E-state index is 0.0132. The zero-order valence-corrected chi connectivity index (χ0v) is 15.0. The predicted molar refractivity (Wildman–Crippen MR) is 87.9 cm³/mol. The van der Waals surface area contributed by atoms with Gasteiger partial charge in [-0.25, -0.2) is 21.1 Å². The summed E-state index contributed by atoms with van der Waals surface area (Å²) in [6.45, 7) is 0.670. The summed E-state index contributed by atoms with van der Waals surface area (Å²) in [6, 6.07) is 5.25. The summed E-state index contributed by atoms with van der Waals surface area (Å²) < 4.78 is 52.6. The summed E-state index contributed by atoms with van der Waals surface area (Å²) in [5.74, 6) is 0. The van der Waals surface area contributed by atoms with Crippen molar-refractivity contribution in [1.82, 2.24) is 8.61 Å². The van der Waals surface area contributed by atoms with E-state index in [9.17, 15) is 16.8 Å². The first kappa shape index (κ1) is 18.3. The van der Waals surface area contributed by atoms with Crippen LogP contribution in [0.5, 0.6) is 0 Å². The molecule has 0 bridgehead atoms. The highest BCUT2D eigenvalue weighted by Crippen LogP contribution is 2.26. The highest BCUT2D eigenvalue weighted by atomic mass is 32.2. The van der Waals surface area contributed by atoms with Crippen LogP contribution in [0.1, 0.15) is 19.3 Å². The van der Waals surface area contributed by atoms with Gasteiger partial charge in [0.15, 0.2) is 0 Å². The lowest BCUT2D eigenvalue weighted by Gasteiger charge is -2.33. The second kappa shape index (κ2) is 6.86. The van der Waals surface area contributed by atoms with Crippen molar-refractivity contribution in [2.45, 2.75) is 35.1 Å². The number of piperidine rings is 1. The van der Waals surface area contributed by atoms with Crippen LogP contribution in [0.2, 0.25) is 0 Å². The fourth-order valence-electron chi connectivity index (χ4n) is 2.67. The average Bonchev–Trinajstić information content (AvgIpc) is 2.54. The molecule has 0 spiro atoms. The van der Waals surface area contributed by atoms with Crippen LogP contribution in [0, 0.1) is 0 Å². The Balaban J connectivity index is 2.45. The van der Waals surface area contributed by atoms with E-state index in [1.807, 2.05) is 0 Å². The van der Waals surface area contributed by atoms with Crippen LogP contribution in [0.3, 0.4) is 0 Å². The van der Waals surface area contributed by atoms with E-state index < -0.39 is 20.0 Å². The molecule has 0 saturated carbocycles. The molecule has 2 rings (SSSR count). The molecule has 0 aliphatic carbocycles. The summed E-state index contributed by atoms with van der Waals surface area (Å²) in [4.78, 5) is -0.0503. The lowest BCUT2D eigenvalue weighted by atomic mass is 10.1. The highest BCUT2D eigenvalue weighted by Gasteiger charge is 2.33. The van der Waals surface area contributed by atoms with Gasteiger partial charge in [0.2, 0.25) is 20.0 Å². The van der Waals surface area contributed by atoms with Gasteiger partial charge in [-0.05, 0) is 31.0 Å². The maximum Gasteiger partial charge on any atom is 0.243 e. The van der Waals surface area contributed by atoms with E-state index in [0.717, 1.165) is 23.6 Å². The molecule has 1 aromatic rings. The number of rotatable bonds is 5. The molecule has 0 radical (unpaired) electrons. The summed E-state index contributed by atoms with van der Waals surface area (Å²) >= 11 is 0. The fourth-order valence-corrected chi connectivity index (χ4v) is 5.44. The van der Waals surface area contributed by atoms with E-state index >= 15 is 0 Å². The monoisotopic (exact) mass is 361 g/mol. The first-order chi connectivity index (χ1) is 10.7. The molecule has 1 saturated heterocycles. The maximum absolute atomic E-state index is 12.9. The fraction of sp³-hybridized carbons (Fsp3) is 0.571. The SMILES string of the molecule is CN(C)S(=O)(=O)c1cccc(S(=O)(=O)N2CCCCC2CN)c1. The van der Waals surface area contributed by atoms with Crippen LogP contribution in [0.15, 0.2) is 34.1 Å². The third-order valence-corrected chi connectivity index (χ3v) is 7.79. The van der Waals surface area contributed by atoms with Crippen LogP contribution in [0.25, 0.3) is 0 Å². The standard InChI is InChI=1S/C14H23N3O4S2/c1-16(2)22(18,19)13-7-5-8-14(10-13)23(20,21)17-9-4-3-6-12(17)11-15/h5,7-8,10,12H,3-4,6,9,11,15H2,1-2H3. The molecule has 1 aliphatic heterocycles. The average molecular weight is 361 g/mol. The first-order valence-corrected chi connectivity index (χ1v) is 10.3. The molecule has 1 atom stereocenters. The number of sulfonamides is 2. The minimum Gasteiger partial charge on any atom is -0.329 e. The molecule has 0 aromatic heterocycles. The van der Waals surface area contributed by atoms with Crippen LogP contribution >= 0.6 is 0 Å². The van der Waals surface area contributed by atoms with Crippen LogP contribution in [-0.2, 0) is 20.0 Å². The van der Waals surface area contributed by atoms with Crippen molar-refractivity contribution in [3.63, 3.8) is 0 Å². The number of benzene rings is 1. The molecule has 7 nitrogen and oxygen atoms in total. The van der Waals surface area contributed by atoms with Gasteiger partial charge >= 0.3 is 0 Å². The molecular formula is C14H23N3O4S2. The van der Waals surface area contributed by atoms with E-state index in [0.29, 0.717) is 6.54 Å². The first-order valence-electron chi connectivity index (χ1n) is 7.46. The van der Waals surface area contributed by atoms with Crippen molar-refractivity contribution in [2.24, 2.45) is 5.73 Å². The van der Waals surface area contributed by atoms with Crippen LogP contribution < -0.4 is 5.73 Å². The van der Waals surface area contributed by atoms with E-state index in [1.54, 1.807) is 0 Å². The number of nitrogens with zero attached hydrogens (tertiary/aromatic N) is 2. The van der Waals surface area contributed by atoms with Crippen molar-refractivity contribution in [2.75, 3.05) is 27.2 Å². The lowest BCUT2D eigenvalue weighted by molar-refractivity contribution is 0.257. The second-order valence-corrected chi connectivity index (χ2v) is 9.81. The van der Waals surface area contributed by atoms with Gasteiger partial charge in [-0.1, -0.05) is 12.5 Å². The quantitative estimate of drug-likeness (QED) is 0.820. The Labute approximate surface area is 138 Å². The van der Waals surface area contributed by atoms with E-state index in [4.69, 9.17) is 5.73 Å². The zero-order valence-electron chi connectivity index (χ0n) is 13.3. The van der Waals surface area contributed by atoms with Gasteiger partial charge in [0.05, 0.1) is 9.79 Å². The molecule has 1 fully saturated rings. The van der Waals surface area contributed by atoms with Gasteiger partial charge in [-0.2, -0.15) is 4.31 Å². The Kier molecular flexibility index (Phi) is 5.47. The van der Waals surface area contributed by atoms with Crippen molar-refractivity contribution >= 4 is 20.0 Å². The number of hydrogen-bond donors (Lipinski definition) is 1. The molecule has 23 heavy (non-hydrogen) atoms. The van der Waals surface area contributed by atoms with Crippen molar-refractivity contribution in [3.05, 3.63) is 24.3 Å². The van der Waals surface area contributed by atoms with Gasteiger partial charge in [-0.3, -0.25) is 0 Å². The van der Waals surface area contributed by atoms with Crippen LogP contribution in [0.4, 0.5) is 0 Å². The Bertz CT molecular complexity index is 760. The molecule has 2 N–H and O–H groups in total. The zero-order chi connectivity index (χ0) is 17.3. The smallest absolute Gasteiger partial charge is 0.243 e. The molecule has 1 aliphatic rings. The number of nitrogens with two attached hydrogens (primary N) is 1. The lowest BCUT2D eigenvalue weighted by Crippen LogP contribution is -2.47. The molecule has 0 amide bonds. The Hall–Kier alpha value is -1.00. The second-order valence-electron chi connectivity index (χ2n) is 5.76. The topological polar surface area (TPSA) is 101 Å². The summed E-state index contributed by atoms with van der Waals surface area (Å²) in [5, 5.41) is 0. The van der Waals surface area contributed by atoms with Gasteiger partial charge < -0.3 is 5.73 Å². The Morgan fingerprint density at radius 1 is 1.17 bits per heavy atom. The minimum atomic E-state index is -3.76. The Morgan fingerprint density at radius 3 is 2.43 bits per heavy atom. The maximum atomic E-state index is 12.9. The summed E-state index contributed by atoms with van der Waals surface area (Å²) in [5.41, 5.74) is 5.70. The van der Waals surface area contributed by atoms with E-state index in [1.165, 1.54) is 42.7 Å². The van der Waals surface area contributed by atoms with Crippen molar-refractivity contribution in [3.8, 4) is 0 Å². The number of hydrogen-bond acceptors (Lipinski definition) is 5. The molecule has 1 heterocycles. The van der Waals surface area contributed by atoms with Gasteiger partial charge in [-0.15, -0.1) is 0 Å². The molecular weight excluding hydrogens is 338 g/mol. The predicted octanol–water partition coefficient (Wildman–Crippen LogP) is 0.439. The largest absolute Gasteiger partial charge is 0.329 e.